The van der Waals surface area contributed by atoms with Crippen molar-refractivity contribution in [1.82, 2.24) is 4.57 Å². The fourth-order valence-electron chi connectivity index (χ4n) is 3.30. The predicted octanol–water partition coefficient (Wildman–Crippen LogP) is 3.87. The number of carbonyl (C=O) groups excluding carboxylic acids is 1. The lowest BCUT2D eigenvalue weighted by Crippen LogP contribution is -2.33. The zero-order chi connectivity index (χ0) is 18.6. The number of hydrogen-bond acceptors (Lipinski definition) is 2. The van der Waals surface area contributed by atoms with E-state index in [4.69, 9.17) is 4.74 Å². The van der Waals surface area contributed by atoms with Gasteiger partial charge in [-0.25, -0.2) is 9.13 Å². The van der Waals surface area contributed by atoms with Gasteiger partial charge < -0.3 is 4.74 Å². The number of ketones is 1. The summed E-state index contributed by atoms with van der Waals surface area (Å²) in [6.07, 6.45) is 2.03. The molecular formula is C23H21N2O2+. The van der Waals surface area contributed by atoms with Crippen molar-refractivity contribution in [1.29, 1.82) is 0 Å². The van der Waals surface area contributed by atoms with E-state index >= 15 is 0 Å². The topological polar surface area (TPSA) is 35.1 Å². The minimum absolute atomic E-state index is 0.0743. The van der Waals surface area contributed by atoms with Crippen LogP contribution in [0.1, 0.15) is 15.9 Å². The maximum atomic E-state index is 12.8. The molecule has 3 aromatic carbocycles. The molecule has 0 aliphatic carbocycles. The lowest BCUT2D eigenvalue weighted by molar-refractivity contribution is -0.663. The molecule has 0 N–H and O–H groups in total. The molecule has 4 nitrogen and oxygen atoms in total. The molecule has 4 rings (SSSR count). The molecule has 0 unspecified atom stereocenters. The van der Waals surface area contributed by atoms with Crippen LogP contribution in [-0.2, 0) is 13.1 Å². The highest BCUT2D eigenvalue weighted by molar-refractivity contribution is 5.96. The van der Waals surface area contributed by atoms with E-state index in [1.807, 2.05) is 65.5 Å². The van der Waals surface area contributed by atoms with Gasteiger partial charge in [-0.05, 0) is 42.0 Å². The van der Waals surface area contributed by atoms with Crippen LogP contribution in [0, 0.1) is 0 Å². The molecule has 0 saturated carbocycles. The minimum Gasteiger partial charge on any atom is -0.497 e. The van der Waals surface area contributed by atoms with Gasteiger partial charge in [-0.1, -0.05) is 42.5 Å². The van der Waals surface area contributed by atoms with Gasteiger partial charge >= 0.3 is 0 Å². The van der Waals surface area contributed by atoms with Gasteiger partial charge in [-0.3, -0.25) is 4.79 Å². The molecule has 0 saturated heterocycles. The second kappa shape index (κ2) is 7.46. The van der Waals surface area contributed by atoms with Crippen LogP contribution in [0.2, 0.25) is 0 Å². The third-order valence-corrected chi connectivity index (χ3v) is 4.70. The predicted molar refractivity (Wildman–Crippen MR) is 105 cm³/mol. The third-order valence-electron chi connectivity index (χ3n) is 4.70. The summed E-state index contributed by atoms with van der Waals surface area (Å²) >= 11 is 0. The number of imidazole rings is 1. The van der Waals surface area contributed by atoms with Crippen LogP contribution >= 0.6 is 0 Å². The number of benzene rings is 3. The van der Waals surface area contributed by atoms with Crippen molar-refractivity contribution >= 4 is 16.8 Å². The van der Waals surface area contributed by atoms with Gasteiger partial charge in [0, 0.05) is 5.56 Å². The smallest absolute Gasteiger partial charge is 0.245 e. The van der Waals surface area contributed by atoms with Crippen LogP contribution in [0.5, 0.6) is 5.75 Å². The molecule has 0 fully saturated rings. The second-order valence-electron chi connectivity index (χ2n) is 6.50. The van der Waals surface area contributed by atoms with E-state index in [0.717, 1.165) is 23.3 Å². The molecule has 1 heterocycles. The number of methoxy groups -OCH3 is 1. The molecule has 0 bridgehead atoms. The highest BCUT2D eigenvalue weighted by Crippen LogP contribution is 2.15. The van der Waals surface area contributed by atoms with E-state index in [1.54, 1.807) is 7.11 Å². The van der Waals surface area contributed by atoms with Crippen molar-refractivity contribution in [3.05, 3.63) is 96.3 Å². The maximum Gasteiger partial charge on any atom is 0.245 e. The number of carbonyl (C=O) groups is 1. The Bertz CT molecular complexity index is 1070. The van der Waals surface area contributed by atoms with Crippen LogP contribution in [-0.4, -0.2) is 17.5 Å². The number of fused-ring (bicyclic) bond motifs is 1. The average Bonchev–Trinajstić information content (AvgIpc) is 3.06. The van der Waals surface area contributed by atoms with Crippen molar-refractivity contribution in [3.8, 4) is 5.75 Å². The van der Waals surface area contributed by atoms with E-state index in [-0.39, 0.29) is 5.78 Å². The number of ether oxygens (including phenoxy) is 1. The lowest BCUT2D eigenvalue weighted by atomic mass is 10.1. The maximum absolute atomic E-state index is 12.8. The van der Waals surface area contributed by atoms with Crippen LogP contribution in [0.4, 0.5) is 0 Å². The van der Waals surface area contributed by atoms with Crippen LogP contribution in [0.15, 0.2) is 85.2 Å². The molecule has 4 heteroatoms. The van der Waals surface area contributed by atoms with Gasteiger partial charge in [0.25, 0.3) is 0 Å². The largest absolute Gasteiger partial charge is 0.497 e. The number of rotatable bonds is 6. The van der Waals surface area contributed by atoms with E-state index in [9.17, 15) is 4.79 Å². The quantitative estimate of drug-likeness (QED) is 0.388. The average molecular weight is 357 g/mol. The molecule has 1 aromatic heterocycles. The highest BCUT2D eigenvalue weighted by atomic mass is 16.5. The first-order valence-electron chi connectivity index (χ1n) is 8.93. The number of para-hydroxylation sites is 2. The first-order valence-corrected chi connectivity index (χ1v) is 8.93. The summed E-state index contributed by atoms with van der Waals surface area (Å²) in [5.74, 6) is 0.823. The minimum atomic E-state index is 0.0743. The van der Waals surface area contributed by atoms with Crippen molar-refractivity contribution in [2.24, 2.45) is 0 Å². The molecule has 134 valence electrons. The van der Waals surface area contributed by atoms with Gasteiger partial charge in [-0.15, -0.1) is 0 Å². The summed E-state index contributed by atoms with van der Waals surface area (Å²) in [6.45, 7) is 1.07. The molecular weight excluding hydrogens is 336 g/mol. The summed E-state index contributed by atoms with van der Waals surface area (Å²) in [7, 11) is 1.62. The SMILES string of the molecule is COc1ccc(C(=O)Cn2c[n+](Cc3ccccc3)c3ccccc32)cc1. The monoisotopic (exact) mass is 357 g/mol. The van der Waals surface area contributed by atoms with E-state index in [1.165, 1.54) is 5.56 Å². The van der Waals surface area contributed by atoms with Gasteiger partial charge in [0.2, 0.25) is 12.1 Å². The van der Waals surface area contributed by atoms with Gasteiger partial charge in [0.1, 0.15) is 12.3 Å². The Balaban J connectivity index is 1.64. The third kappa shape index (κ3) is 3.60. The van der Waals surface area contributed by atoms with Gasteiger partial charge in [0.05, 0.1) is 7.11 Å². The molecule has 4 aromatic rings. The van der Waals surface area contributed by atoms with Crippen LogP contribution < -0.4 is 9.30 Å². The number of hydrogen-bond donors (Lipinski definition) is 0. The van der Waals surface area contributed by atoms with Crippen molar-refractivity contribution in [2.45, 2.75) is 13.1 Å². The molecule has 0 radical (unpaired) electrons. The Labute approximate surface area is 158 Å². The number of aromatic nitrogens is 2. The summed E-state index contributed by atoms with van der Waals surface area (Å²) < 4.78 is 9.37. The molecule has 0 amide bonds. The Morgan fingerprint density at radius 1 is 0.926 bits per heavy atom. The van der Waals surface area contributed by atoms with E-state index < -0.39 is 0 Å². The normalized spacial score (nSPS) is 10.9. The van der Waals surface area contributed by atoms with Gasteiger partial charge in [0.15, 0.2) is 17.6 Å². The zero-order valence-corrected chi connectivity index (χ0v) is 15.2. The van der Waals surface area contributed by atoms with Crippen LogP contribution in [0.25, 0.3) is 11.0 Å². The lowest BCUT2D eigenvalue weighted by Gasteiger charge is -2.02. The van der Waals surface area contributed by atoms with Crippen molar-refractivity contribution < 1.29 is 14.1 Å². The first-order chi connectivity index (χ1) is 13.2. The summed E-state index contributed by atoms with van der Waals surface area (Å²) in [6, 6.07) is 25.8. The Morgan fingerprint density at radius 3 is 2.37 bits per heavy atom. The second-order valence-corrected chi connectivity index (χ2v) is 6.50. The Morgan fingerprint density at radius 2 is 1.63 bits per heavy atom. The zero-order valence-electron chi connectivity index (χ0n) is 15.2. The van der Waals surface area contributed by atoms with E-state index in [2.05, 4.69) is 28.8 Å². The molecule has 0 aliphatic rings. The van der Waals surface area contributed by atoms with Crippen molar-refractivity contribution in [3.63, 3.8) is 0 Å². The fourth-order valence-corrected chi connectivity index (χ4v) is 3.30. The fraction of sp³-hybridized carbons (Fsp3) is 0.130. The Kier molecular flexibility index (Phi) is 4.71. The highest BCUT2D eigenvalue weighted by Gasteiger charge is 2.18. The molecule has 0 spiro atoms. The van der Waals surface area contributed by atoms with Gasteiger partial charge in [-0.2, -0.15) is 0 Å². The number of nitrogens with zero attached hydrogens (tertiary/aromatic N) is 2. The molecule has 0 atom stereocenters. The summed E-state index contributed by atoms with van der Waals surface area (Å²) in [5.41, 5.74) is 4.08. The Hall–Kier alpha value is -3.40. The van der Waals surface area contributed by atoms with Crippen LogP contribution in [0.3, 0.4) is 0 Å². The molecule has 0 aliphatic heterocycles. The standard InChI is InChI=1S/C23H21N2O2/c1-27-20-13-11-19(12-14-20)23(26)16-25-17-24(15-18-7-3-2-4-8-18)21-9-5-6-10-22(21)25/h2-14,17H,15-16H2,1H3/q+1. The summed E-state index contributed by atoms with van der Waals surface area (Å²) in [4.78, 5) is 12.8. The van der Waals surface area contributed by atoms with Crippen molar-refractivity contribution in [2.75, 3.05) is 7.11 Å². The van der Waals surface area contributed by atoms with E-state index in [0.29, 0.717) is 12.1 Å². The number of Topliss-reactive ketones (excluding diaryl/α,β-unsaturated/α-hetero) is 1. The first kappa shape index (κ1) is 17.0. The summed E-state index contributed by atoms with van der Waals surface area (Å²) in [5, 5.41) is 0. The molecule has 27 heavy (non-hydrogen) atoms.